The van der Waals surface area contributed by atoms with Crippen molar-refractivity contribution in [1.82, 2.24) is 20.2 Å². The highest BCUT2D eigenvalue weighted by Crippen LogP contribution is 2.31. The molecule has 29 heavy (non-hydrogen) atoms. The normalized spacial score (nSPS) is 20.9. The van der Waals surface area contributed by atoms with Crippen molar-refractivity contribution >= 4 is 18.2 Å². The van der Waals surface area contributed by atoms with Crippen molar-refractivity contribution in [1.29, 1.82) is 0 Å². The molecule has 0 bridgehead atoms. The Hall–Kier alpha value is -1.67. The fraction of sp³-hybridized carbons (Fsp3) is 0.857. The van der Waals surface area contributed by atoms with E-state index < -0.39 is 17.4 Å². The highest BCUT2D eigenvalue weighted by Gasteiger charge is 2.38. The number of hydrogen-bond donors (Lipinski definition) is 2. The van der Waals surface area contributed by atoms with Crippen molar-refractivity contribution in [3.05, 3.63) is 0 Å². The number of hydrogen-bond acceptors (Lipinski definition) is 5. The average Bonchev–Trinajstić information content (AvgIpc) is 3.17. The summed E-state index contributed by atoms with van der Waals surface area (Å²) in [6, 6.07) is -0.646. The highest BCUT2D eigenvalue weighted by atomic mass is 16.5. The molecule has 0 radical (unpaired) electrons. The van der Waals surface area contributed by atoms with Gasteiger partial charge in [-0.1, -0.05) is 46.5 Å². The maximum absolute atomic E-state index is 13.2. The van der Waals surface area contributed by atoms with Crippen LogP contribution in [0.15, 0.2) is 0 Å². The lowest BCUT2D eigenvalue weighted by Gasteiger charge is -2.39. The predicted octanol–water partition coefficient (Wildman–Crippen LogP) is 1.34. The lowest BCUT2D eigenvalue weighted by atomic mass is 9.84. The standard InChI is InChI=1S/C21H38N4O4/c1-21(2,3)18(20(28)24-11-9-23(4)10-12-24)22-19(27)17(14-25(29)15-26)13-16-7-5-6-8-16/h15-18,29H,5-14H2,1-4H3,(H,22,27)/t17-,18-/m1/s1. The molecule has 166 valence electrons. The number of nitrogens with one attached hydrogen (secondary N) is 1. The van der Waals surface area contributed by atoms with E-state index in [0.29, 0.717) is 36.9 Å². The first-order chi connectivity index (χ1) is 13.6. The van der Waals surface area contributed by atoms with Crippen LogP contribution in [0.2, 0.25) is 0 Å². The van der Waals surface area contributed by atoms with E-state index >= 15 is 0 Å². The molecule has 0 aromatic rings. The molecule has 1 saturated heterocycles. The van der Waals surface area contributed by atoms with Crippen LogP contribution in [0.4, 0.5) is 0 Å². The van der Waals surface area contributed by atoms with Crippen molar-refractivity contribution in [3.8, 4) is 0 Å². The molecule has 1 aliphatic carbocycles. The summed E-state index contributed by atoms with van der Waals surface area (Å²) in [6.07, 6.45) is 5.39. The van der Waals surface area contributed by atoms with Crippen LogP contribution in [0, 0.1) is 17.3 Å². The summed E-state index contributed by atoms with van der Waals surface area (Å²) in [7, 11) is 2.03. The van der Waals surface area contributed by atoms with E-state index in [1.165, 1.54) is 0 Å². The average molecular weight is 411 g/mol. The Morgan fingerprint density at radius 3 is 2.28 bits per heavy atom. The Morgan fingerprint density at radius 1 is 1.17 bits per heavy atom. The maximum atomic E-state index is 13.2. The smallest absolute Gasteiger partial charge is 0.245 e. The number of piperazine rings is 1. The zero-order chi connectivity index (χ0) is 21.6. The minimum Gasteiger partial charge on any atom is -0.344 e. The number of likely N-dealkylation sites (N-methyl/N-ethyl adjacent to an activating group) is 1. The van der Waals surface area contributed by atoms with Crippen LogP contribution in [-0.2, 0) is 14.4 Å². The monoisotopic (exact) mass is 410 g/mol. The quantitative estimate of drug-likeness (QED) is 0.358. The van der Waals surface area contributed by atoms with Crippen LogP contribution < -0.4 is 5.32 Å². The van der Waals surface area contributed by atoms with Crippen molar-refractivity contribution in [2.24, 2.45) is 17.3 Å². The molecular formula is C21H38N4O4. The number of amides is 3. The second-order valence-electron chi connectivity index (χ2n) is 9.75. The molecule has 8 heteroatoms. The second kappa shape index (κ2) is 10.4. The van der Waals surface area contributed by atoms with Crippen LogP contribution in [-0.4, -0.2) is 84.1 Å². The Bertz CT molecular complexity index is 564. The molecule has 3 amide bonds. The van der Waals surface area contributed by atoms with E-state index in [4.69, 9.17) is 0 Å². The second-order valence-corrected chi connectivity index (χ2v) is 9.75. The van der Waals surface area contributed by atoms with Gasteiger partial charge in [0.15, 0.2) is 0 Å². The summed E-state index contributed by atoms with van der Waals surface area (Å²) in [5.41, 5.74) is -0.447. The molecule has 2 atom stereocenters. The molecule has 1 saturated carbocycles. The molecule has 0 aromatic carbocycles. The summed E-state index contributed by atoms with van der Waals surface area (Å²) < 4.78 is 0. The van der Waals surface area contributed by atoms with Gasteiger partial charge in [-0.15, -0.1) is 0 Å². The third kappa shape index (κ3) is 6.96. The van der Waals surface area contributed by atoms with Crippen LogP contribution >= 0.6 is 0 Å². The molecule has 8 nitrogen and oxygen atoms in total. The molecule has 0 aromatic heterocycles. The molecule has 1 heterocycles. The van der Waals surface area contributed by atoms with Gasteiger partial charge in [0, 0.05) is 26.2 Å². The fourth-order valence-corrected chi connectivity index (χ4v) is 4.30. The number of carbonyl (C=O) groups excluding carboxylic acids is 3. The molecule has 1 aliphatic heterocycles. The van der Waals surface area contributed by atoms with Crippen LogP contribution in [0.3, 0.4) is 0 Å². The summed E-state index contributed by atoms with van der Waals surface area (Å²) in [4.78, 5) is 41.3. The van der Waals surface area contributed by atoms with Crippen molar-refractivity contribution in [3.63, 3.8) is 0 Å². The van der Waals surface area contributed by atoms with E-state index in [1.54, 1.807) is 0 Å². The van der Waals surface area contributed by atoms with E-state index in [-0.39, 0.29) is 18.4 Å². The van der Waals surface area contributed by atoms with Crippen molar-refractivity contribution in [2.45, 2.75) is 58.9 Å². The molecule has 2 rings (SSSR count). The van der Waals surface area contributed by atoms with Gasteiger partial charge < -0.3 is 15.1 Å². The van der Waals surface area contributed by atoms with Crippen LogP contribution in [0.25, 0.3) is 0 Å². The van der Waals surface area contributed by atoms with Gasteiger partial charge >= 0.3 is 0 Å². The predicted molar refractivity (Wildman–Crippen MR) is 110 cm³/mol. The summed E-state index contributed by atoms with van der Waals surface area (Å²) in [6.45, 7) is 8.73. The zero-order valence-electron chi connectivity index (χ0n) is 18.4. The first kappa shape index (κ1) is 23.6. The Kier molecular flexibility index (Phi) is 8.46. The zero-order valence-corrected chi connectivity index (χ0v) is 18.4. The van der Waals surface area contributed by atoms with Gasteiger partial charge in [0.05, 0.1) is 12.5 Å². The first-order valence-corrected chi connectivity index (χ1v) is 10.8. The minimum atomic E-state index is -0.646. The topological polar surface area (TPSA) is 93.2 Å². The van der Waals surface area contributed by atoms with Gasteiger partial charge in [0.1, 0.15) is 6.04 Å². The summed E-state index contributed by atoms with van der Waals surface area (Å²) in [5.74, 6) is -0.430. The summed E-state index contributed by atoms with van der Waals surface area (Å²) in [5, 5.41) is 13.2. The van der Waals surface area contributed by atoms with Crippen molar-refractivity contribution < 1.29 is 19.6 Å². The third-order valence-electron chi connectivity index (χ3n) is 6.21. The number of rotatable bonds is 8. The Labute approximate surface area is 174 Å². The number of nitrogens with zero attached hydrogens (tertiary/aromatic N) is 3. The molecule has 2 aliphatic rings. The van der Waals surface area contributed by atoms with Gasteiger partial charge in [0.2, 0.25) is 18.2 Å². The van der Waals surface area contributed by atoms with E-state index in [1.807, 2.05) is 32.7 Å². The highest BCUT2D eigenvalue weighted by molar-refractivity contribution is 5.89. The lowest BCUT2D eigenvalue weighted by molar-refractivity contribution is -0.156. The first-order valence-electron chi connectivity index (χ1n) is 10.8. The van der Waals surface area contributed by atoms with E-state index in [2.05, 4.69) is 10.2 Å². The van der Waals surface area contributed by atoms with Gasteiger partial charge in [-0.3, -0.25) is 19.6 Å². The lowest BCUT2D eigenvalue weighted by Crippen LogP contribution is -2.59. The SMILES string of the molecule is CN1CCN(C(=O)[C@@H](NC(=O)[C@H](CC2CCCC2)CN(O)C=O)C(C)(C)C)CC1. The van der Waals surface area contributed by atoms with Crippen LogP contribution in [0.5, 0.6) is 0 Å². The largest absolute Gasteiger partial charge is 0.344 e. The van der Waals surface area contributed by atoms with Crippen LogP contribution in [0.1, 0.15) is 52.9 Å². The number of hydroxylamine groups is 2. The van der Waals surface area contributed by atoms with Gasteiger partial charge in [0.25, 0.3) is 0 Å². The molecule has 0 unspecified atom stereocenters. The molecule has 2 N–H and O–H groups in total. The van der Waals surface area contributed by atoms with E-state index in [0.717, 1.165) is 38.8 Å². The molecule has 2 fully saturated rings. The Balaban J connectivity index is 2.09. The van der Waals surface area contributed by atoms with E-state index in [9.17, 15) is 19.6 Å². The van der Waals surface area contributed by atoms with Gasteiger partial charge in [-0.2, -0.15) is 0 Å². The minimum absolute atomic E-state index is 0.0502. The number of carbonyl (C=O) groups is 3. The maximum Gasteiger partial charge on any atom is 0.245 e. The molecule has 0 spiro atoms. The summed E-state index contributed by atoms with van der Waals surface area (Å²) >= 11 is 0. The fourth-order valence-electron chi connectivity index (χ4n) is 4.30. The van der Waals surface area contributed by atoms with Gasteiger partial charge in [-0.25, -0.2) is 5.06 Å². The Morgan fingerprint density at radius 2 is 1.76 bits per heavy atom. The third-order valence-corrected chi connectivity index (χ3v) is 6.21. The van der Waals surface area contributed by atoms with Gasteiger partial charge in [-0.05, 0) is 24.8 Å². The van der Waals surface area contributed by atoms with Crippen molar-refractivity contribution in [2.75, 3.05) is 39.8 Å². The molecular weight excluding hydrogens is 372 g/mol.